The number of nitrogens with zero attached hydrogens (tertiary/aromatic N) is 2. The van der Waals surface area contributed by atoms with Gasteiger partial charge in [0, 0.05) is 30.7 Å². The van der Waals surface area contributed by atoms with Gasteiger partial charge in [-0.3, -0.25) is 0 Å². The lowest BCUT2D eigenvalue weighted by Gasteiger charge is -2.03. The van der Waals surface area contributed by atoms with E-state index in [4.69, 9.17) is 0 Å². The van der Waals surface area contributed by atoms with Gasteiger partial charge in [0.15, 0.2) is 0 Å². The highest BCUT2D eigenvalue weighted by Crippen LogP contribution is 2.01. The van der Waals surface area contributed by atoms with E-state index in [9.17, 15) is 0 Å². The Balaban J connectivity index is 2.62. The molecule has 0 aliphatic heterocycles. The summed E-state index contributed by atoms with van der Waals surface area (Å²) in [6, 6.07) is 0. The van der Waals surface area contributed by atoms with Gasteiger partial charge >= 0.3 is 0 Å². The van der Waals surface area contributed by atoms with Gasteiger partial charge in [-0.25, -0.2) is 4.98 Å². The van der Waals surface area contributed by atoms with Crippen molar-refractivity contribution in [2.45, 2.75) is 26.3 Å². The molecule has 2 nitrogen and oxygen atoms in total. The predicted molar refractivity (Wildman–Crippen MR) is 50.0 cm³/mol. The van der Waals surface area contributed by atoms with Crippen LogP contribution in [-0.2, 0) is 13.0 Å². The molecule has 0 atom stereocenters. The summed E-state index contributed by atoms with van der Waals surface area (Å²) in [6.07, 6.45) is 6.10. The fourth-order valence-corrected chi connectivity index (χ4v) is 1.45. The molecular weight excluding hydrogens is 204 g/mol. The van der Waals surface area contributed by atoms with Gasteiger partial charge < -0.3 is 4.57 Å². The minimum Gasteiger partial charge on any atom is -0.335 e. The van der Waals surface area contributed by atoms with Gasteiger partial charge in [-0.2, -0.15) is 0 Å². The number of alkyl halides is 1. The topological polar surface area (TPSA) is 17.8 Å². The summed E-state index contributed by atoms with van der Waals surface area (Å²) in [6.45, 7) is 3.26. The Morgan fingerprint density at radius 2 is 2.45 bits per heavy atom. The molecular formula is C8H13BrN2. The van der Waals surface area contributed by atoms with Crippen LogP contribution >= 0.6 is 15.9 Å². The van der Waals surface area contributed by atoms with E-state index in [1.165, 1.54) is 12.2 Å². The van der Waals surface area contributed by atoms with Crippen LogP contribution in [0.3, 0.4) is 0 Å². The molecule has 3 heteroatoms. The molecule has 0 saturated carbocycles. The van der Waals surface area contributed by atoms with E-state index >= 15 is 0 Å². The van der Waals surface area contributed by atoms with Gasteiger partial charge in [0.05, 0.1) is 0 Å². The van der Waals surface area contributed by atoms with Crippen LogP contribution in [0.15, 0.2) is 12.4 Å². The van der Waals surface area contributed by atoms with Gasteiger partial charge in [0.2, 0.25) is 0 Å². The van der Waals surface area contributed by atoms with Crippen molar-refractivity contribution in [1.82, 2.24) is 9.55 Å². The van der Waals surface area contributed by atoms with Crippen molar-refractivity contribution < 1.29 is 0 Å². The zero-order valence-electron chi connectivity index (χ0n) is 6.76. The number of halogens is 1. The second-order valence-corrected chi connectivity index (χ2v) is 3.27. The highest BCUT2D eigenvalue weighted by atomic mass is 79.9. The van der Waals surface area contributed by atoms with Crippen molar-refractivity contribution in [2.75, 3.05) is 5.33 Å². The summed E-state index contributed by atoms with van der Waals surface area (Å²) in [5.41, 5.74) is 0. The SMILES string of the molecule is CCCn1ccnc1CCBr. The molecule has 1 rings (SSSR count). The molecule has 0 saturated heterocycles. The van der Waals surface area contributed by atoms with E-state index in [0.717, 1.165) is 18.3 Å². The average Bonchev–Trinajstić information content (AvgIpc) is 2.39. The van der Waals surface area contributed by atoms with E-state index in [0.29, 0.717) is 0 Å². The highest BCUT2D eigenvalue weighted by Gasteiger charge is 1.98. The van der Waals surface area contributed by atoms with Gasteiger partial charge in [-0.05, 0) is 6.42 Å². The molecule has 0 aliphatic carbocycles. The molecule has 0 aliphatic rings. The summed E-state index contributed by atoms with van der Waals surface area (Å²) in [5, 5.41) is 0.994. The first-order valence-electron chi connectivity index (χ1n) is 3.94. The van der Waals surface area contributed by atoms with Crippen LogP contribution in [0.2, 0.25) is 0 Å². The number of imidazole rings is 1. The maximum Gasteiger partial charge on any atom is 0.109 e. The zero-order valence-corrected chi connectivity index (χ0v) is 8.34. The Labute approximate surface area is 75.8 Å². The first-order chi connectivity index (χ1) is 5.38. The summed E-state index contributed by atoms with van der Waals surface area (Å²) in [5.74, 6) is 1.18. The second-order valence-electron chi connectivity index (χ2n) is 2.48. The minimum absolute atomic E-state index is 0.994. The number of hydrogen-bond donors (Lipinski definition) is 0. The number of aryl methyl sites for hydroxylation is 2. The minimum atomic E-state index is 0.994. The maximum atomic E-state index is 4.26. The van der Waals surface area contributed by atoms with E-state index < -0.39 is 0 Å². The summed E-state index contributed by atoms with van der Waals surface area (Å²) >= 11 is 3.40. The number of hydrogen-bond acceptors (Lipinski definition) is 1. The lowest BCUT2D eigenvalue weighted by Crippen LogP contribution is -2.02. The Hall–Kier alpha value is -0.310. The fraction of sp³-hybridized carbons (Fsp3) is 0.625. The lowest BCUT2D eigenvalue weighted by molar-refractivity contribution is 0.644. The second kappa shape index (κ2) is 4.54. The Morgan fingerprint density at radius 3 is 3.09 bits per heavy atom. The normalized spacial score (nSPS) is 10.4. The molecule has 0 N–H and O–H groups in total. The molecule has 1 heterocycles. The molecule has 11 heavy (non-hydrogen) atoms. The molecule has 62 valence electrons. The Kier molecular flexibility index (Phi) is 3.63. The summed E-state index contributed by atoms with van der Waals surface area (Å²) in [7, 11) is 0. The first-order valence-corrected chi connectivity index (χ1v) is 5.06. The molecule has 0 fully saturated rings. The molecule has 0 unspecified atom stereocenters. The van der Waals surface area contributed by atoms with E-state index in [2.05, 4.69) is 32.4 Å². The lowest BCUT2D eigenvalue weighted by atomic mass is 10.4. The van der Waals surface area contributed by atoms with E-state index in [1.54, 1.807) is 0 Å². The smallest absolute Gasteiger partial charge is 0.109 e. The third-order valence-corrected chi connectivity index (χ3v) is 1.98. The molecule has 0 radical (unpaired) electrons. The summed E-state index contributed by atoms with van der Waals surface area (Å²) in [4.78, 5) is 4.26. The number of aromatic nitrogens is 2. The van der Waals surface area contributed by atoms with E-state index in [1.807, 2.05) is 12.4 Å². The van der Waals surface area contributed by atoms with Crippen LogP contribution in [0.25, 0.3) is 0 Å². The van der Waals surface area contributed by atoms with Crippen LogP contribution in [-0.4, -0.2) is 14.9 Å². The molecule has 1 aromatic heterocycles. The van der Waals surface area contributed by atoms with Crippen LogP contribution in [0.5, 0.6) is 0 Å². The van der Waals surface area contributed by atoms with Crippen LogP contribution < -0.4 is 0 Å². The third-order valence-electron chi connectivity index (χ3n) is 1.58. The maximum absolute atomic E-state index is 4.26. The largest absolute Gasteiger partial charge is 0.335 e. The van der Waals surface area contributed by atoms with E-state index in [-0.39, 0.29) is 0 Å². The first kappa shape index (κ1) is 8.78. The molecule has 0 aromatic carbocycles. The van der Waals surface area contributed by atoms with Crippen molar-refractivity contribution in [3.8, 4) is 0 Å². The molecule has 1 aromatic rings. The van der Waals surface area contributed by atoms with Crippen molar-refractivity contribution >= 4 is 15.9 Å². The summed E-state index contributed by atoms with van der Waals surface area (Å²) < 4.78 is 2.21. The quantitative estimate of drug-likeness (QED) is 0.707. The fourth-order valence-electron chi connectivity index (χ4n) is 1.10. The van der Waals surface area contributed by atoms with Crippen molar-refractivity contribution in [3.63, 3.8) is 0 Å². The Morgan fingerprint density at radius 1 is 1.64 bits per heavy atom. The van der Waals surface area contributed by atoms with Crippen LogP contribution in [0, 0.1) is 0 Å². The van der Waals surface area contributed by atoms with Gasteiger partial charge in [0.25, 0.3) is 0 Å². The van der Waals surface area contributed by atoms with Crippen molar-refractivity contribution in [3.05, 3.63) is 18.2 Å². The predicted octanol–water partition coefficient (Wildman–Crippen LogP) is 2.23. The molecule has 0 amide bonds. The zero-order chi connectivity index (χ0) is 8.10. The number of rotatable bonds is 4. The van der Waals surface area contributed by atoms with Crippen molar-refractivity contribution in [1.29, 1.82) is 0 Å². The van der Waals surface area contributed by atoms with Gasteiger partial charge in [-0.1, -0.05) is 22.9 Å². The Bertz CT molecular complexity index is 187. The standard InChI is InChI=1S/C8H13BrN2/c1-2-6-11-7-5-10-8(11)3-4-9/h5,7H,2-4,6H2,1H3. The van der Waals surface area contributed by atoms with Gasteiger partial charge in [-0.15, -0.1) is 0 Å². The third kappa shape index (κ3) is 2.33. The molecule has 0 spiro atoms. The molecule has 0 bridgehead atoms. The highest BCUT2D eigenvalue weighted by molar-refractivity contribution is 9.09. The van der Waals surface area contributed by atoms with Crippen molar-refractivity contribution in [2.24, 2.45) is 0 Å². The van der Waals surface area contributed by atoms with Crippen LogP contribution in [0.1, 0.15) is 19.2 Å². The monoisotopic (exact) mass is 216 g/mol. The van der Waals surface area contributed by atoms with Gasteiger partial charge in [0.1, 0.15) is 5.82 Å². The average molecular weight is 217 g/mol. The van der Waals surface area contributed by atoms with Crippen LogP contribution in [0.4, 0.5) is 0 Å².